The number of benzene rings is 1. The fourth-order valence-electron chi connectivity index (χ4n) is 2.66. The number of rotatable bonds is 3. The van der Waals surface area contributed by atoms with E-state index in [1.807, 2.05) is 24.5 Å². The molecule has 2 aromatic rings. The van der Waals surface area contributed by atoms with Crippen molar-refractivity contribution in [3.63, 3.8) is 0 Å². The molecular weight excluding hydrogens is 252 g/mol. The highest BCUT2D eigenvalue weighted by Crippen LogP contribution is 2.34. The van der Waals surface area contributed by atoms with Crippen molar-refractivity contribution in [3.05, 3.63) is 47.8 Å². The second-order valence-electron chi connectivity index (χ2n) is 4.85. The smallest absolute Gasteiger partial charge is 0.161 e. The van der Waals surface area contributed by atoms with E-state index >= 15 is 0 Å². The van der Waals surface area contributed by atoms with Crippen LogP contribution in [0.15, 0.2) is 36.7 Å². The summed E-state index contributed by atoms with van der Waals surface area (Å²) in [6, 6.07) is 8.27. The Morgan fingerprint density at radius 2 is 1.65 bits per heavy atom. The van der Waals surface area contributed by atoms with Crippen molar-refractivity contribution in [3.8, 4) is 11.5 Å². The van der Waals surface area contributed by atoms with Crippen LogP contribution in [0.5, 0.6) is 11.5 Å². The lowest BCUT2D eigenvalue weighted by atomic mass is 9.98. The lowest BCUT2D eigenvalue weighted by Crippen LogP contribution is -2.30. The van der Waals surface area contributed by atoms with E-state index in [9.17, 15) is 0 Å². The van der Waals surface area contributed by atoms with Gasteiger partial charge in [0.05, 0.1) is 14.2 Å². The number of fused-ring (bicyclic) bond motifs is 1. The summed E-state index contributed by atoms with van der Waals surface area (Å²) in [5.74, 6) is 1.60. The van der Waals surface area contributed by atoms with E-state index in [1.165, 1.54) is 16.8 Å². The third-order valence-electron chi connectivity index (χ3n) is 3.75. The van der Waals surface area contributed by atoms with Crippen molar-refractivity contribution in [1.29, 1.82) is 0 Å². The number of nitrogens with zero attached hydrogens (tertiary/aromatic N) is 2. The molecule has 1 aromatic carbocycles. The van der Waals surface area contributed by atoms with E-state index < -0.39 is 0 Å². The maximum Gasteiger partial charge on any atom is 0.161 e. The highest BCUT2D eigenvalue weighted by atomic mass is 16.5. The predicted molar refractivity (Wildman–Crippen MR) is 78.5 cm³/mol. The molecule has 0 saturated carbocycles. The summed E-state index contributed by atoms with van der Waals surface area (Å²) in [6.45, 7) is 1.90. The third kappa shape index (κ3) is 2.29. The molecule has 1 aliphatic rings. The summed E-state index contributed by atoms with van der Waals surface area (Å²) in [7, 11) is 3.35. The Hall–Kier alpha value is -2.23. The molecule has 0 bridgehead atoms. The van der Waals surface area contributed by atoms with E-state index in [-0.39, 0.29) is 0 Å². The topological polar surface area (TPSA) is 34.6 Å². The van der Waals surface area contributed by atoms with Crippen molar-refractivity contribution in [1.82, 2.24) is 4.98 Å². The van der Waals surface area contributed by atoms with Crippen LogP contribution in [-0.2, 0) is 13.0 Å². The van der Waals surface area contributed by atoms with Gasteiger partial charge in [0.25, 0.3) is 0 Å². The second kappa shape index (κ2) is 5.41. The highest BCUT2D eigenvalue weighted by molar-refractivity contribution is 5.53. The Labute approximate surface area is 119 Å². The molecule has 0 amide bonds. The molecule has 20 heavy (non-hydrogen) atoms. The van der Waals surface area contributed by atoms with Gasteiger partial charge in [0.15, 0.2) is 11.5 Å². The average molecular weight is 270 g/mol. The van der Waals surface area contributed by atoms with Crippen molar-refractivity contribution in [2.45, 2.75) is 13.0 Å². The van der Waals surface area contributed by atoms with Gasteiger partial charge >= 0.3 is 0 Å². The van der Waals surface area contributed by atoms with Gasteiger partial charge < -0.3 is 14.4 Å². The average Bonchev–Trinajstić information content (AvgIpc) is 2.53. The first-order valence-corrected chi connectivity index (χ1v) is 6.70. The minimum atomic E-state index is 0.794. The van der Waals surface area contributed by atoms with Crippen LogP contribution in [0.2, 0.25) is 0 Å². The van der Waals surface area contributed by atoms with Crippen molar-refractivity contribution in [2.75, 3.05) is 25.7 Å². The molecule has 0 saturated heterocycles. The zero-order chi connectivity index (χ0) is 13.9. The normalized spacial score (nSPS) is 13.8. The maximum atomic E-state index is 5.39. The number of hydrogen-bond acceptors (Lipinski definition) is 4. The first-order valence-electron chi connectivity index (χ1n) is 6.70. The lowest BCUT2D eigenvalue weighted by Gasteiger charge is -2.31. The van der Waals surface area contributed by atoms with Crippen molar-refractivity contribution in [2.24, 2.45) is 0 Å². The number of aromatic nitrogens is 1. The van der Waals surface area contributed by atoms with Gasteiger partial charge in [-0.2, -0.15) is 0 Å². The predicted octanol–water partition coefficient (Wildman–Crippen LogP) is 2.66. The Kier molecular flexibility index (Phi) is 3.46. The van der Waals surface area contributed by atoms with Crippen molar-refractivity contribution >= 4 is 5.69 Å². The van der Waals surface area contributed by atoms with Gasteiger partial charge in [-0.3, -0.25) is 4.98 Å². The van der Waals surface area contributed by atoms with Crippen LogP contribution in [-0.4, -0.2) is 25.7 Å². The van der Waals surface area contributed by atoms with Gasteiger partial charge in [0, 0.05) is 31.2 Å². The number of pyridine rings is 1. The zero-order valence-electron chi connectivity index (χ0n) is 11.8. The summed E-state index contributed by atoms with van der Waals surface area (Å²) in [4.78, 5) is 6.43. The fraction of sp³-hybridized carbons (Fsp3) is 0.312. The summed E-state index contributed by atoms with van der Waals surface area (Å²) in [5, 5.41) is 0. The van der Waals surface area contributed by atoms with Crippen LogP contribution in [0.25, 0.3) is 0 Å². The lowest BCUT2D eigenvalue weighted by molar-refractivity contribution is 0.353. The zero-order valence-corrected chi connectivity index (χ0v) is 11.8. The molecule has 104 valence electrons. The molecule has 1 aliphatic heterocycles. The minimum Gasteiger partial charge on any atom is -0.493 e. The van der Waals surface area contributed by atoms with E-state index in [0.29, 0.717) is 0 Å². The molecule has 3 rings (SSSR count). The van der Waals surface area contributed by atoms with Gasteiger partial charge in [-0.15, -0.1) is 0 Å². The number of methoxy groups -OCH3 is 2. The monoisotopic (exact) mass is 270 g/mol. The molecule has 0 fully saturated rings. The van der Waals surface area contributed by atoms with Gasteiger partial charge in [0.2, 0.25) is 0 Å². The van der Waals surface area contributed by atoms with E-state index in [4.69, 9.17) is 9.47 Å². The Bertz CT molecular complexity index is 599. The SMILES string of the molecule is COc1cc2c(cc1OC)CN(c1ccncc1)CC2. The van der Waals surface area contributed by atoms with Crippen LogP contribution in [0.1, 0.15) is 11.1 Å². The molecule has 0 N–H and O–H groups in total. The minimum absolute atomic E-state index is 0.794. The summed E-state index contributed by atoms with van der Waals surface area (Å²) >= 11 is 0. The molecule has 4 heteroatoms. The fourth-order valence-corrected chi connectivity index (χ4v) is 2.66. The number of hydrogen-bond donors (Lipinski definition) is 0. The summed E-state index contributed by atoms with van der Waals surface area (Å²) < 4.78 is 10.8. The summed E-state index contributed by atoms with van der Waals surface area (Å²) in [5.41, 5.74) is 3.85. The quantitative estimate of drug-likeness (QED) is 0.859. The molecule has 1 aromatic heterocycles. The molecule has 2 heterocycles. The van der Waals surface area contributed by atoms with Gasteiger partial charge in [-0.1, -0.05) is 0 Å². The summed E-state index contributed by atoms with van der Waals surface area (Å²) in [6.07, 6.45) is 4.68. The standard InChI is InChI=1S/C16H18N2O2/c1-19-15-9-12-5-8-18(14-3-6-17-7-4-14)11-13(12)10-16(15)20-2/h3-4,6-7,9-10H,5,8,11H2,1-2H3. The molecule has 0 spiro atoms. The van der Waals surface area contributed by atoms with Gasteiger partial charge in [-0.25, -0.2) is 0 Å². The highest BCUT2D eigenvalue weighted by Gasteiger charge is 2.19. The number of anilines is 1. The van der Waals surface area contributed by atoms with E-state index in [0.717, 1.165) is 31.0 Å². The Balaban J connectivity index is 1.91. The maximum absolute atomic E-state index is 5.39. The number of ether oxygens (including phenoxy) is 2. The molecule has 0 unspecified atom stereocenters. The van der Waals surface area contributed by atoms with Crippen LogP contribution in [0.4, 0.5) is 5.69 Å². The first-order chi connectivity index (χ1) is 9.81. The van der Waals surface area contributed by atoms with Crippen LogP contribution < -0.4 is 14.4 Å². The van der Waals surface area contributed by atoms with Crippen molar-refractivity contribution < 1.29 is 9.47 Å². The first kappa shape index (κ1) is 12.8. The largest absolute Gasteiger partial charge is 0.493 e. The van der Waals surface area contributed by atoms with E-state index in [1.54, 1.807) is 14.2 Å². The van der Waals surface area contributed by atoms with Crippen LogP contribution >= 0.6 is 0 Å². The van der Waals surface area contributed by atoms with Crippen LogP contribution in [0, 0.1) is 0 Å². The third-order valence-corrected chi connectivity index (χ3v) is 3.75. The molecule has 4 nitrogen and oxygen atoms in total. The molecule has 0 radical (unpaired) electrons. The molecule has 0 aliphatic carbocycles. The van der Waals surface area contributed by atoms with Gasteiger partial charge in [0.1, 0.15) is 0 Å². The van der Waals surface area contributed by atoms with Gasteiger partial charge in [-0.05, 0) is 41.8 Å². The Morgan fingerprint density at radius 3 is 2.30 bits per heavy atom. The van der Waals surface area contributed by atoms with Crippen LogP contribution in [0.3, 0.4) is 0 Å². The molecular formula is C16H18N2O2. The van der Waals surface area contributed by atoms with E-state index in [2.05, 4.69) is 22.0 Å². The second-order valence-corrected chi connectivity index (χ2v) is 4.85. The Morgan fingerprint density at radius 1 is 1.00 bits per heavy atom. The molecule has 0 atom stereocenters.